The van der Waals surface area contributed by atoms with Crippen molar-refractivity contribution in [2.24, 2.45) is 0 Å². The summed E-state index contributed by atoms with van der Waals surface area (Å²) >= 11 is 6.07. The lowest BCUT2D eigenvalue weighted by atomic mass is 10.1. The van der Waals surface area contributed by atoms with Crippen molar-refractivity contribution < 1.29 is 23.8 Å². The molecule has 0 aliphatic carbocycles. The van der Waals surface area contributed by atoms with Crippen molar-refractivity contribution in [3.63, 3.8) is 0 Å². The molecule has 0 unspecified atom stereocenters. The van der Waals surface area contributed by atoms with Crippen LogP contribution in [0.3, 0.4) is 0 Å². The molecule has 0 aliphatic rings. The number of carbonyl (C=O) groups excluding carboxylic acids is 2. The maximum Gasteiger partial charge on any atom is 0.310 e. The summed E-state index contributed by atoms with van der Waals surface area (Å²) in [7, 11) is 0. The van der Waals surface area contributed by atoms with Gasteiger partial charge in [-0.2, -0.15) is 0 Å². The first-order valence-electron chi connectivity index (χ1n) is 9.02. The molecule has 152 valence electrons. The molecule has 0 spiro atoms. The average Bonchev–Trinajstić information content (AvgIpc) is 2.85. The summed E-state index contributed by atoms with van der Waals surface area (Å²) in [5.74, 6) is -1.46. The smallest absolute Gasteiger partial charge is 0.310 e. The summed E-state index contributed by atoms with van der Waals surface area (Å²) in [6.45, 7) is 7.01. The summed E-state index contributed by atoms with van der Waals surface area (Å²) in [6, 6.07) is 8.08. The van der Waals surface area contributed by atoms with Crippen LogP contribution in [0.2, 0.25) is 5.02 Å². The summed E-state index contributed by atoms with van der Waals surface area (Å²) in [4.78, 5) is 25.6. The standard InChI is InChI=1S/C22H21ClFNO4/c1-12-15(10-20(27)29-22(2,3)4)16-9-19(26)17(23)11-18(16)25(12)21(28)13-5-7-14(24)8-6-13/h5-9,11,26H,10H2,1-4H3. The van der Waals surface area contributed by atoms with Gasteiger partial charge in [0.2, 0.25) is 0 Å². The fraction of sp³-hybridized carbons (Fsp3) is 0.273. The van der Waals surface area contributed by atoms with Crippen LogP contribution in [0.1, 0.15) is 42.4 Å². The zero-order valence-corrected chi connectivity index (χ0v) is 17.3. The topological polar surface area (TPSA) is 68.5 Å². The molecule has 0 saturated carbocycles. The van der Waals surface area contributed by atoms with E-state index in [0.717, 1.165) is 0 Å². The van der Waals surface area contributed by atoms with Crippen LogP contribution in [0.15, 0.2) is 36.4 Å². The number of aromatic nitrogens is 1. The van der Waals surface area contributed by atoms with Gasteiger partial charge in [-0.05, 0) is 69.7 Å². The fourth-order valence-electron chi connectivity index (χ4n) is 3.22. The predicted molar refractivity (Wildman–Crippen MR) is 109 cm³/mol. The average molecular weight is 418 g/mol. The Hall–Kier alpha value is -2.86. The van der Waals surface area contributed by atoms with Crippen LogP contribution in [0, 0.1) is 12.7 Å². The first-order chi connectivity index (χ1) is 13.5. The number of phenols is 1. The molecular formula is C22H21ClFNO4. The van der Waals surface area contributed by atoms with Crippen LogP contribution in [-0.2, 0) is 16.0 Å². The lowest BCUT2D eigenvalue weighted by molar-refractivity contribution is -0.153. The summed E-state index contributed by atoms with van der Waals surface area (Å²) in [5.41, 5.74) is 1.13. The van der Waals surface area contributed by atoms with Gasteiger partial charge in [-0.15, -0.1) is 0 Å². The van der Waals surface area contributed by atoms with Crippen molar-refractivity contribution in [1.82, 2.24) is 4.57 Å². The van der Waals surface area contributed by atoms with Gasteiger partial charge in [0, 0.05) is 16.6 Å². The second kappa shape index (κ2) is 7.52. The number of hydrogen-bond acceptors (Lipinski definition) is 4. The van der Waals surface area contributed by atoms with Gasteiger partial charge in [-0.3, -0.25) is 14.2 Å². The van der Waals surface area contributed by atoms with E-state index >= 15 is 0 Å². The molecule has 0 amide bonds. The number of nitrogens with zero attached hydrogens (tertiary/aromatic N) is 1. The molecule has 0 fully saturated rings. The number of halogens is 2. The summed E-state index contributed by atoms with van der Waals surface area (Å²) < 4.78 is 20.1. The highest BCUT2D eigenvalue weighted by molar-refractivity contribution is 6.33. The van der Waals surface area contributed by atoms with Crippen LogP contribution in [-0.4, -0.2) is 27.2 Å². The second-order valence-corrected chi connectivity index (χ2v) is 8.20. The molecule has 3 rings (SSSR count). The second-order valence-electron chi connectivity index (χ2n) is 7.80. The van der Waals surface area contributed by atoms with Crippen molar-refractivity contribution in [3.05, 3.63) is 64.1 Å². The molecule has 0 bridgehead atoms. The van der Waals surface area contributed by atoms with Crippen LogP contribution in [0.25, 0.3) is 10.9 Å². The quantitative estimate of drug-likeness (QED) is 0.607. The minimum atomic E-state index is -0.654. The van der Waals surface area contributed by atoms with E-state index in [1.807, 2.05) is 0 Å². The zero-order valence-electron chi connectivity index (χ0n) is 16.5. The van der Waals surface area contributed by atoms with Gasteiger partial charge in [0.15, 0.2) is 0 Å². The van der Waals surface area contributed by atoms with Gasteiger partial charge in [0.1, 0.15) is 17.2 Å². The van der Waals surface area contributed by atoms with Crippen molar-refractivity contribution in [3.8, 4) is 5.75 Å². The predicted octanol–water partition coefficient (Wildman–Crippen LogP) is 5.02. The number of hydrogen-bond donors (Lipinski definition) is 1. The molecule has 0 atom stereocenters. The molecule has 5 nitrogen and oxygen atoms in total. The highest BCUT2D eigenvalue weighted by atomic mass is 35.5. The Kier molecular flexibility index (Phi) is 5.41. The minimum Gasteiger partial charge on any atom is -0.506 e. The van der Waals surface area contributed by atoms with Crippen LogP contribution < -0.4 is 0 Å². The molecule has 2 aromatic carbocycles. The van der Waals surface area contributed by atoms with Crippen molar-refractivity contribution in [1.29, 1.82) is 0 Å². The van der Waals surface area contributed by atoms with Crippen molar-refractivity contribution in [2.75, 3.05) is 0 Å². The van der Waals surface area contributed by atoms with E-state index in [4.69, 9.17) is 16.3 Å². The van der Waals surface area contributed by atoms with E-state index < -0.39 is 23.3 Å². The number of rotatable bonds is 3. The Labute approximate surface area is 172 Å². The molecule has 3 aromatic rings. The summed E-state index contributed by atoms with van der Waals surface area (Å²) in [5, 5.41) is 10.7. The van der Waals surface area contributed by atoms with Gasteiger partial charge < -0.3 is 9.84 Å². The van der Waals surface area contributed by atoms with E-state index in [9.17, 15) is 19.1 Å². The first-order valence-corrected chi connectivity index (χ1v) is 9.40. The number of carbonyl (C=O) groups is 2. The molecule has 0 radical (unpaired) electrons. The molecular weight excluding hydrogens is 397 g/mol. The maximum absolute atomic E-state index is 13.3. The van der Waals surface area contributed by atoms with Crippen LogP contribution >= 0.6 is 11.6 Å². The minimum absolute atomic E-state index is 0.0759. The number of ether oxygens (including phenoxy) is 1. The normalized spacial score (nSPS) is 11.7. The Morgan fingerprint density at radius 1 is 1.17 bits per heavy atom. The number of benzene rings is 2. The van der Waals surface area contributed by atoms with E-state index in [2.05, 4.69) is 0 Å². The van der Waals surface area contributed by atoms with E-state index in [0.29, 0.717) is 22.2 Å². The molecule has 0 aliphatic heterocycles. The Balaban J connectivity index is 2.16. The number of esters is 1. The molecule has 0 saturated heterocycles. The number of phenolic OH excluding ortho intramolecular Hbond substituents is 1. The third-order valence-corrected chi connectivity index (χ3v) is 4.74. The highest BCUT2D eigenvalue weighted by Crippen LogP contribution is 2.35. The Bertz CT molecular complexity index is 1110. The third kappa shape index (κ3) is 4.27. The third-order valence-electron chi connectivity index (χ3n) is 4.44. The molecule has 7 heteroatoms. The maximum atomic E-state index is 13.3. The monoisotopic (exact) mass is 417 g/mol. The SMILES string of the molecule is Cc1c(CC(=O)OC(C)(C)C)c2cc(O)c(Cl)cc2n1C(=O)c1ccc(F)cc1. The molecule has 29 heavy (non-hydrogen) atoms. The lowest BCUT2D eigenvalue weighted by Gasteiger charge is -2.19. The number of aromatic hydroxyl groups is 1. The van der Waals surface area contributed by atoms with Gasteiger partial charge >= 0.3 is 5.97 Å². The fourth-order valence-corrected chi connectivity index (χ4v) is 3.37. The molecule has 1 aromatic heterocycles. The van der Waals surface area contributed by atoms with E-state index in [1.165, 1.54) is 41.0 Å². The van der Waals surface area contributed by atoms with Crippen molar-refractivity contribution >= 4 is 34.4 Å². The van der Waals surface area contributed by atoms with Gasteiger partial charge in [-0.1, -0.05) is 11.6 Å². The molecule has 1 N–H and O–H groups in total. The van der Waals surface area contributed by atoms with Gasteiger partial charge in [-0.25, -0.2) is 4.39 Å². The molecule has 1 heterocycles. The van der Waals surface area contributed by atoms with Crippen molar-refractivity contribution in [2.45, 2.75) is 39.7 Å². The zero-order chi connectivity index (χ0) is 21.5. The van der Waals surface area contributed by atoms with E-state index in [-0.39, 0.29) is 22.8 Å². The lowest BCUT2D eigenvalue weighted by Crippen LogP contribution is -2.25. The van der Waals surface area contributed by atoms with Gasteiger partial charge in [0.25, 0.3) is 5.91 Å². The van der Waals surface area contributed by atoms with E-state index in [1.54, 1.807) is 27.7 Å². The van der Waals surface area contributed by atoms with Crippen LogP contribution in [0.4, 0.5) is 4.39 Å². The number of fused-ring (bicyclic) bond motifs is 1. The largest absolute Gasteiger partial charge is 0.506 e. The highest BCUT2D eigenvalue weighted by Gasteiger charge is 2.25. The Morgan fingerprint density at radius 2 is 1.79 bits per heavy atom. The first kappa shape index (κ1) is 20.9. The van der Waals surface area contributed by atoms with Crippen LogP contribution in [0.5, 0.6) is 5.75 Å². The van der Waals surface area contributed by atoms with Gasteiger partial charge in [0.05, 0.1) is 17.0 Å². The summed E-state index contributed by atoms with van der Waals surface area (Å²) in [6.07, 6.45) is -0.0790. The Morgan fingerprint density at radius 3 is 2.38 bits per heavy atom.